The maximum absolute atomic E-state index is 12.2. The minimum absolute atomic E-state index is 0.0874. The van der Waals surface area contributed by atoms with Gasteiger partial charge in [0.2, 0.25) is 0 Å². The van der Waals surface area contributed by atoms with Crippen molar-refractivity contribution in [1.82, 2.24) is 5.06 Å². The fourth-order valence-electron chi connectivity index (χ4n) is 9.55. The Bertz CT molecular complexity index is 806. The van der Waals surface area contributed by atoms with E-state index < -0.39 is 0 Å². The fourth-order valence-corrected chi connectivity index (χ4v) is 9.55. The largest absolute Gasteiger partial charge is 0.369 e. The fraction of sp³-hybridized carbons (Fsp3) is 0.889. The third-order valence-electron chi connectivity index (χ3n) is 11.3. The summed E-state index contributed by atoms with van der Waals surface area (Å²) in [6, 6.07) is 0.173. The molecule has 172 valence electrons. The van der Waals surface area contributed by atoms with E-state index in [1.807, 2.05) is 0 Å². The van der Waals surface area contributed by atoms with Crippen LogP contribution < -0.4 is 0 Å². The van der Waals surface area contributed by atoms with Crippen LogP contribution in [0.25, 0.3) is 0 Å². The summed E-state index contributed by atoms with van der Waals surface area (Å²) < 4.78 is 6.87. The summed E-state index contributed by atoms with van der Waals surface area (Å²) in [5.74, 6) is 3.83. The zero-order valence-corrected chi connectivity index (χ0v) is 19.7. The molecule has 2 heterocycles. The van der Waals surface area contributed by atoms with E-state index in [1.165, 1.54) is 25.7 Å². The van der Waals surface area contributed by atoms with Crippen LogP contribution in [0, 0.1) is 35.0 Å². The average molecular weight is 428 g/mol. The number of allylic oxidation sites excluding steroid dienone is 1. The first kappa shape index (κ1) is 20.9. The number of carbonyl (C=O) groups is 1. The van der Waals surface area contributed by atoms with Crippen molar-refractivity contribution < 1.29 is 14.7 Å². The Kier molecular flexibility index (Phi) is 4.81. The van der Waals surface area contributed by atoms with Crippen LogP contribution in [0.15, 0.2) is 11.1 Å². The van der Waals surface area contributed by atoms with Gasteiger partial charge in [0, 0.05) is 25.3 Å². The molecule has 0 aromatic rings. The summed E-state index contributed by atoms with van der Waals surface area (Å²) in [4.78, 5) is 12.2. The molecule has 9 atom stereocenters. The molecular weight excluding hydrogens is 386 g/mol. The number of carbonyl (C=O) groups excluding carboxylic acids is 1. The van der Waals surface area contributed by atoms with Gasteiger partial charge in [0.15, 0.2) is 0 Å². The Balaban J connectivity index is 1.29. The molecule has 2 saturated heterocycles. The highest BCUT2D eigenvalue weighted by Crippen LogP contribution is 2.65. The number of ether oxygens (including phenoxy) is 1. The van der Waals surface area contributed by atoms with Crippen molar-refractivity contribution in [2.45, 2.75) is 109 Å². The first-order chi connectivity index (χ1) is 14.8. The zero-order chi connectivity index (χ0) is 21.5. The number of Topliss-reactive ketones (excluding diaryl/α,β-unsaturated/α-hetero) is 1. The molecule has 0 aromatic heterocycles. The standard InChI is InChI=1S/C27H41NO3/c1-16-15-27(17(2)25-24(31-27)5-4-12-28(25)30)11-9-20-21-7-6-18-13-19(29)8-10-26(18,3)23(21)14-22(16)20/h17-18,20-21,23-25,30H,4-15H2,1-3H3/t17-,18-,20+,21+,23+,24-,25+,26+,27+/m1/s1. The molecular formula is C27H41NO3. The summed E-state index contributed by atoms with van der Waals surface area (Å²) in [5, 5.41) is 12.2. The third-order valence-corrected chi connectivity index (χ3v) is 11.3. The van der Waals surface area contributed by atoms with E-state index in [0.717, 1.165) is 69.2 Å². The van der Waals surface area contributed by atoms with E-state index in [-0.39, 0.29) is 17.7 Å². The molecule has 0 amide bonds. The van der Waals surface area contributed by atoms with Crippen LogP contribution in [-0.2, 0) is 9.53 Å². The highest BCUT2D eigenvalue weighted by atomic mass is 16.5. The van der Waals surface area contributed by atoms with Gasteiger partial charge < -0.3 is 9.94 Å². The topological polar surface area (TPSA) is 49.8 Å². The summed E-state index contributed by atoms with van der Waals surface area (Å²) >= 11 is 0. The second kappa shape index (κ2) is 7.14. The van der Waals surface area contributed by atoms with Gasteiger partial charge in [-0.05, 0) is 93.8 Å². The second-order valence-corrected chi connectivity index (χ2v) is 12.4. The molecule has 0 radical (unpaired) electrons. The van der Waals surface area contributed by atoms with E-state index in [9.17, 15) is 10.0 Å². The predicted octanol–water partition coefficient (Wildman–Crippen LogP) is 5.54. The molecule has 0 aromatic carbocycles. The quantitative estimate of drug-likeness (QED) is 0.516. The van der Waals surface area contributed by atoms with Gasteiger partial charge in [0.25, 0.3) is 0 Å². The molecule has 6 aliphatic rings. The summed E-state index contributed by atoms with van der Waals surface area (Å²) in [6.45, 7) is 8.06. The molecule has 1 spiro atoms. The number of hydroxylamine groups is 2. The average Bonchev–Trinajstić information content (AvgIpc) is 3.20. The monoisotopic (exact) mass is 427 g/mol. The van der Waals surface area contributed by atoms with E-state index in [1.54, 1.807) is 16.2 Å². The summed E-state index contributed by atoms with van der Waals surface area (Å²) in [5.41, 5.74) is 3.64. The minimum atomic E-state index is -0.0874. The van der Waals surface area contributed by atoms with Crippen molar-refractivity contribution in [3.8, 4) is 0 Å². The van der Waals surface area contributed by atoms with Gasteiger partial charge in [0.1, 0.15) is 5.78 Å². The minimum Gasteiger partial charge on any atom is -0.369 e. The van der Waals surface area contributed by atoms with E-state index in [0.29, 0.717) is 23.0 Å². The Morgan fingerprint density at radius 2 is 1.97 bits per heavy atom. The molecule has 6 rings (SSSR count). The predicted molar refractivity (Wildman–Crippen MR) is 120 cm³/mol. The van der Waals surface area contributed by atoms with Crippen molar-refractivity contribution in [2.24, 2.45) is 35.0 Å². The Labute approximate surface area is 187 Å². The number of fused-ring (bicyclic) bond motifs is 6. The molecule has 0 unspecified atom stereocenters. The van der Waals surface area contributed by atoms with E-state index >= 15 is 0 Å². The van der Waals surface area contributed by atoms with Crippen LogP contribution in [0.2, 0.25) is 0 Å². The number of nitrogens with zero attached hydrogens (tertiary/aromatic N) is 1. The van der Waals surface area contributed by atoms with Gasteiger partial charge in [-0.2, -0.15) is 5.06 Å². The Morgan fingerprint density at radius 3 is 2.77 bits per heavy atom. The van der Waals surface area contributed by atoms with Crippen LogP contribution >= 0.6 is 0 Å². The van der Waals surface area contributed by atoms with Gasteiger partial charge in [-0.3, -0.25) is 4.79 Å². The van der Waals surface area contributed by atoms with Crippen LogP contribution in [0.4, 0.5) is 0 Å². The maximum Gasteiger partial charge on any atom is 0.133 e. The van der Waals surface area contributed by atoms with E-state index in [2.05, 4.69) is 20.8 Å². The highest BCUT2D eigenvalue weighted by Gasteiger charge is 2.59. The number of hydrogen-bond donors (Lipinski definition) is 1. The smallest absolute Gasteiger partial charge is 0.133 e. The van der Waals surface area contributed by atoms with E-state index in [4.69, 9.17) is 4.74 Å². The molecule has 3 saturated carbocycles. The Morgan fingerprint density at radius 1 is 1.13 bits per heavy atom. The van der Waals surface area contributed by atoms with Crippen LogP contribution in [-0.4, -0.2) is 40.3 Å². The van der Waals surface area contributed by atoms with Crippen LogP contribution in [0.5, 0.6) is 0 Å². The first-order valence-corrected chi connectivity index (χ1v) is 13.2. The molecule has 1 N–H and O–H groups in total. The lowest BCUT2D eigenvalue weighted by Gasteiger charge is -2.52. The number of hydrogen-bond acceptors (Lipinski definition) is 4. The van der Waals surface area contributed by atoms with Crippen molar-refractivity contribution in [2.75, 3.05) is 6.54 Å². The van der Waals surface area contributed by atoms with Crippen molar-refractivity contribution >= 4 is 5.78 Å². The molecule has 5 fully saturated rings. The lowest BCUT2D eigenvalue weighted by Crippen LogP contribution is -2.47. The lowest BCUT2D eigenvalue weighted by molar-refractivity contribution is -0.166. The lowest BCUT2D eigenvalue weighted by atomic mass is 9.52. The number of ketones is 1. The van der Waals surface area contributed by atoms with Crippen molar-refractivity contribution in [3.05, 3.63) is 11.1 Å². The van der Waals surface area contributed by atoms with Gasteiger partial charge in [-0.25, -0.2) is 0 Å². The first-order valence-electron chi connectivity index (χ1n) is 13.2. The zero-order valence-electron chi connectivity index (χ0n) is 19.7. The normalized spacial score (nSPS) is 52.5. The molecule has 2 aliphatic heterocycles. The SMILES string of the molecule is CC1=C2C[C@H]3[C@@H](CC[C@@H]4CC(=O)CC[C@@]43C)[C@@H]2CC[C@@]2(C1)O[C@@H]1CCCN(O)[C@H]1[C@H]2C. The second-order valence-electron chi connectivity index (χ2n) is 12.4. The summed E-state index contributed by atoms with van der Waals surface area (Å²) in [6.07, 6.45) is 12.4. The highest BCUT2D eigenvalue weighted by molar-refractivity contribution is 5.79. The summed E-state index contributed by atoms with van der Waals surface area (Å²) in [7, 11) is 0. The molecule has 4 heteroatoms. The molecule has 4 aliphatic carbocycles. The van der Waals surface area contributed by atoms with Crippen LogP contribution in [0.1, 0.15) is 91.4 Å². The molecule has 31 heavy (non-hydrogen) atoms. The van der Waals surface area contributed by atoms with Gasteiger partial charge in [0.05, 0.1) is 17.7 Å². The number of piperidine rings is 1. The third kappa shape index (κ3) is 2.93. The number of rotatable bonds is 0. The molecule has 4 nitrogen and oxygen atoms in total. The maximum atomic E-state index is 12.2. The van der Waals surface area contributed by atoms with Gasteiger partial charge >= 0.3 is 0 Å². The molecule has 0 bridgehead atoms. The Hall–Kier alpha value is -0.710. The van der Waals surface area contributed by atoms with Crippen LogP contribution in [0.3, 0.4) is 0 Å². The van der Waals surface area contributed by atoms with Crippen molar-refractivity contribution in [1.29, 1.82) is 0 Å². The van der Waals surface area contributed by atoms with Crippen molar-refractivity contribution in [3.63, 3.8) is 0 Å². The van der Waals surface area contributed by atoms with Gasteiger partial charge in [-0.1, -0.05) is 25.0 Å². The van der Waals surface area contributed by atoms with Gasteiger partial charge in [-0.15, -0.1) is 0 Å².